The molecule has 0 heterocycles. The summed E-state index contributed by atoms with van der Waals surface area (Å²) < 4.78 is 26.2. The van der Waals surface area contributed by atoms with Crippen LogP contribution in [0.1, 0.15) is 26.3 Å². The van der Waals surface area contributed by atoms with Crippen LogP contribution in [0, 0.1) is 11.6 Å². The summed E-state index contributed by atoms with van der Waals surface area (Å²) in [5.74, 6) is -0.888. The zero-order valence-electron chi connectivity index (χ0n) is 14.0. The molecule has 3 N–H and O–H groups in total. The average molecular weight is 326 g/mol. The minimum absolute atomic E-state index is 0.0888. The molecule has 0 radical (unpaired) electrons. The van der Waals surface area contributed by atoms with E-state index in [4.69, 9.17) is 0 Å². The largest absolute Gasteiger partial charge is 0.356 e. The third-order valence-corrected chi connectivity index (χ3v) is 2.78. The van der Waals surface area contributed by atoms with Crippen LogP contribution in [0.25, 0.3) is 0 Å². The number of nitrogens with zero attached hydrogens (tertiary/aromatic N) is 1. The van der Waals surface area contributed by atoms with Crippen LogP contribution in [0.5, 0.6) is 0 Å². The van der Waals surface area contributed by atoms with E-state index in [0.717, 1.165) is 6.07 Å². The fraction of sp³-hybridized carbons (Fsp3) is 0.500. The summed E-state index contributed by atoms with van der Waals surface area (Å²) in [5, 5.41) is 8.69. The Kier molecular flexibility index (Phi) is 6.93. The lowest BCUT2D eigenvalue weighted by Crippen LogP contribution is -2.48. The number of rotatable bonds is 5. The molecule has 1 aromatic carbocycles. The predicted octanol–water partition coefficient (Wildman–Crippen LogP) is 1.59. The second-order valence-corrected chi connectivity index (χ2v) is 6.18. The van der Waals surface area contributed by atoms with Crippen molar-refractivity contribution in [2.75, 3.05) is 20.1 Å². The van der Waals surface area contributed by atoms with E-state index in [1.807, 2.05) is 20.8 Å². The van der Waals surface area contributed by atoms with Crippen LogP contribution in [-0.2, 0) is 11.2 Å². The molecule has 5 nitrogen and oxygen atoms in total. The number of amides is 1. The predicted molar refractivity (Wildman–Crippen MR) is 87.3 cm³/mol. The highest BCUT2D eigenvalue weighted by atomic mass is 19.1. The molecule has 7 heteroatoms. The molecule has 0 bridgehead atoms. The third-order valence-electron chi connectivity index (χ3n) is 2.78. The quantitative estimate of drug-likeness (QED) is 0.569. The average Bonchev–Trinajstić information content (AvgIpc) is 2.39. The molecule has 0 atom stereocenters. The Morgan fingerprint density at radius 2 is 1.74 bits per heavy atom. The van der Waals surface area contributed by atoms with Crippen LogP contribution < -0.4 is 16.0 Å². The first kappa shape index (κ1) is 18.9. The van der Waals surface area contributed by atoms with Gasteiger partial charge in [0.1, 0.15) is 11.6 Å². The van der Waals surface area contributed by atoms with Crippen LogP contribution in [0.2, 0.25) is 0 Å². The van der Waals surface area contributed by atoms with E-state index in [1.54, 1.807) is 7.05 Å². The number of benzene rings is 1. The Morgan fingerprint density at radius 3 is 2.26 bits per heavy atom. The van der Waals surface area contributed by atoms with E-state index in [0.29, 0.717) is 24.5 Å². The van der Waals surface area contributed by atoms with Gasteiger partial charge in [-0.2, -0.15) is 0 Å². The van der Waals surface area contributed by atoms with E-state index >= 15 is 0 Å². The van der Waals surface area contributed by atoms with Crippen molar-refractivity contribution < 1.29 is 13.6 Å². The lowest BCUT2D eigenvalue weighted by Gasteiger charge is -2.21. The minimum Gasteiger partial charge on any atom is -0.356 e. The van der Waals surface area contributed by atoms with Gasteiger partial charge in [-0.05, 0) is 44.9 Å². The molecule has 23 heavy (non-hydrogen) atoms. The molecule has 0 aromatic heterocycles. The number of hydrogen-bond donors (Lipinski definition) is 3. The van der Waals surface area contributed by atoms with Gasteiger partial charge in [0.15, 0.2) is 5.96 Å². The Morgan fingerprint density at radius 1 is 1.13 bits per heavy atom. The van der Waals surface area contributed by atoms with Crippen molar-refractivity contribution in [2.45, 2.75) is 32.7 Å². The summed E-state index contributed by atoms with van der Waals surface area (Å²) in [5.41, 5.74) is 0.257. The second kappa shape index (κ2) is 8.45. The molecular formula is C16H24F2N4O. The summed E-state index contributed by atoms with van der Waals surface area (Å²) >= 11 is 0. The van der Waals surface area contributed by atoms with Crippen LogP contribution >= 0.6 is 0 Å². The maximum atomic E-state index is 13.1. The second-order valence-electron chi connectivity index (χ2n) is 6.18. The molecule has 0 aliphatic carbocycles. The number of aliphatic imine (C=N–C) groups is 1. The molecule has 0 fully saturated rings. The Balaban J connectivity index is 2.38. The maximum Gasteiger partial charge on any atom is 0.239 e. The lowest BCUT2D eigenvalue weighted by atomic mass is 10.1. The Hall–Kier alpha value is -2.18. The summed E-state index contributed by atoms with van der Waals surface area (Å²) in [7, 11) is 1.58. The highest BCUT2D eigenvalue weighted by molar-refractivity contribution is 5.86. The summed E-state index contributed by atoms with van der Waals surface area (Å²) in [6.45, 7) is 6.22. The molecular weight excluding hydrogens is 302 g/mol. The fourth-order valence-electron chi connectivity index (χ4n) is 1.93. The Labute approximate surface area is 135 Å². The van der Waals surface area contributed by atoms with E-state index in [2.05, 4.69) is 20.9 Å². The van der Waals surface area contributed by atoms with Gasteiger partial charge >= 0.3 is 0 Å². The van der Waals surface area contributed by atoms with Crippen molar-refractivity contribution in [3.63, 3.8) is 0 Å². The van der Waals surface area contributed by atoms with E-state index < -0.39 is 11.6 Å². The van der Waals surface area contributed by atoms with Crippen LogP contribution in [0.4, 0.5) is 8.78 Å². The first-order valence-electron chi connectivity index (χ1n) is 7.40. The summed E-state index contributed by atoms with van der Waals surface area (Å²) in [6.07, 6.45) is 0.434. The van der Waals surface area contributed by atoms with Crippen LogP contribution in [0.3, 0.4) is 0 Å². The third kappa shape index (κ3) is 8.13. The monoisotopic (exact) mass is 326 g/mol. The molecule has 0 unspecified atom stereocenters. The van der Waals surface area contributed by atoms with Gasteiger partial charge in [-0.1, -0.05) is 0 Å². The first-order chi connectivity index (χ1) is 10.7. The van der Waals surface area contributed by atoms with Gasteiger partial charge in [0, 0.05) is 25.2 Å². The van der Waals surface area contributed by atoms with Crippen molar-refractivity contribution >= 4 is 11.9 Å². The molecule has 0 spiro atoms. The minimum atomic E-state index is -0.596. The molecule has 128 valence electrons. The number of nitrogens with one attached hydrogen (secondary N) is 3. The van der Waals surface area contributed by atoms with Crippen LogP contribution in [0.15, 0.2) is 23.2 Å². The molecule has 1 amide bonds. The standard InChI is InChI=1S/C16H24F2N4O/c1-16(2,3)22-14(23)10-21-15(19-4)20-6-5-11-7-12(17)9-13(18)8-11/h7-9H,5-6,10H2,1-4H3,(H,22,23)(H2,19,20,21). The molecule has 0 saturated heterocycles. The number of carbonyl (C=O) groups is 1. The van der Waals surface area contributed by atoms with Crippen molar-refractivity contribution in [1.29, 1.82) is 0 Å². The van der Waals surface area contributed by atoms with Crippen molar-refractivity contribution in [2.24, 2.45) is 4.99 Å². The van der Waals surface area contributed by atoms with Gasteiger partial charge in [0.2, 0.25) is 5.91 Å². The summed E-state index contributed by atoms with van der Waals surface area (Å²) in [6, 6.07) is 3.42. The Bertz CT molecular complexity index is 547. The zero-order valence-corrected chi connectivity index (χ0v) is 14.0. The summed E-state index contributed by atoms with van der Waals surface area (Å²) in [4.78, 5) is 15.7. The van der Waals surface area contributed by atoms with Gasteiger partial charge in [0.05, 0.1) is 6.54 Å². The van der Waals surface area contributed by atoms with Gasteiger partial charge in [-0.25, -0.2) is 8.78 Å². The molecule has 0 aliphatic rings. The number of guanidine groups is 1. The number of carbonyl (C=O) groups excluding carboxylic acids is 1. The first-order valence-corrected chi connectivity index (χ1v) is 7.40. The van der Waals surface area contributed by atoms with Gasteiger partial charge < -0.3 is 16.0 Å². The highest BCUT2D eigenvalue weighted by Crippen LogP contribution is 2.08. The molecule has 0 aliphatic heterocycles. The topological polar surface area (TPSA) is 65.5 Å². The van der Waals surface area contributed by atoms with Crippen molar-refractivity contribution in [3.05, 3.63) is 35.4 Å². The number of hydrogen-bond acceptors (Lipinski definition) is 2. The van der Waals surface area contributed by atoms with Crippen molar-refractivity contribution in [1.82, 2.24) is 16.0 Å². The lowest BCUT2D eigenvalue weighted by molar-refractivity contribution is -0.121. The van der Waals surface area contributed by atoms with Gasteiger partial charge in [-0.15, -0.1) is 0 Å². The highest BCUT2D eigenvalue weighted by Gasteiger charge is 2.13. The normalized spacial score (nSPS) is 12.0. The van der Waals surface area contributed by atoms with E-state index in [1.165, 1.54) is 12.1 Å². The van der Waals surface area contributed by atoms with E-state index in [-0.39, 0.29) is 18.0 Å². The number of halogens is 2. The maximum absolute atomic E-state index is 13.1. The molecule has 0 saturated carbocycles. The molecule has 1 rings (SSSR count). The van der Waals surface area contributed by atoms with E-state index in [9.17, 15) is 13.6 Å². The van der Waals surface area contributed by atoms with Gasteiger partial charge in [-0.3, -0.25) is 9.79 Å². The van der Waals surface area contributed by atoms with Crippen molar-refractivity contribution in [3.8, 4) is 0 Å². The van der Waals surface area contributed by atoms with Gasteiger partial charge in [0.25, 0.3) is 0 Å². The zero-order chi connectivity index (χ0) is 17.5. The smallest absolute Gasteiger partial charge is 0.239 e. The van der Waals surface area contributed by atoms with Crippen LogP contribution in [-0.4, -0.2) is 37.5 Å². The SMILES string of the molecule is CN=C(NCCc1cc(F)cc(F)c1)NCC(=O)NC(C)(C)C. The molecule has 1 aromatic rings. The fourth-order valence-corrected chi connectivity index (χ4v) is 1.93.